The molecule has 0 unspecified atom stereocenters. The molecule has 51 heavy (non-hydrogen) atoms. The van der Waals surface area contributed by atoms with E-state index in [-0.39, 0.29) is 57.6 Å². The summed E-state index contributed by atoms with van der Waals surface area (Å²) < 4.78 is 52.2. The summed E-state index contributed by atoms with van der Waals surface area (Å²) in [6.07, 6.45) is 8.43. The van der Waals surface area contributed by atoms with Gasteiger partial charge in [-0.1, -0.05) is 87.8 Å². The van der Waals surface area contributed by atoms with E-state index in [9.17, 15) is 21.9 Å². The van der Waals surface area contributed by atoms with Gasteiger partial charge in [-0.3, -0.25) is 0 Å². The number of fused-ring (bicyclic) bond motifs is 2. The van der Waals surface area contributed by atoms with E-state index in [2.05, 4.69) is 24.9 Å². The Morgan fingerprint density at radius 2 is 1.25 bits per heavy atom. The predicted molar refractivity (Wildman–Crippen MR) is 196 cm³/mol. The van der Waals surface area contributed by atoms with Gasteiger partial charge < -0.3 is 14.8 Å². The first-order valence-electron chi connectivity index (χ1n) is 14.6. The summed E-state index contributed by atoms with van der Waals surface area (Å²) in [7, 11) is -2.17. The van der Waals surface area contributed by atoms with Gasteiger partial charge in [0.2, 0.25) is 0 Å². The fraction of sp³-hybridized carbons (Fsp3) is 0.273. The Hall–Kier alpha value is -2.63. The Kier molecular flexibility index (Phi) is 19.8. The molecule has 270 valence electrons. The van der Waals surface area contributed by atoms with Crippen molar-refractivity contribution in [1.29, 1.82) is 0 Å². The smallest absolute Gasteiger partial charge is 0.850 e. The number of hydrogen-bond donors (Lipinski definition) is 1. The molecule has 1 fully saturated rings. The van der Waals surface area contributed by atoms with Crippen LogP contribution in [0.1, 0.15) is 41.0 Å². The average Bonchev–Trinajstić information content (AvgIpc) is 3.86. The molecule has 1 N–H and O–H groups in total. The molecule has 6 aromatic rings. The van der Waals surface area contributed by atoms with E-state index in [4.69, 9.17) is 38.6 Å². The molecule has 4 aromatic heterocycles. The van der Waals surface area contributed by atoms with Gasteiger partial charge in [-0.2, -0.15) is 0 Å². The molecule has 2 aromatic carbocycles. The zero-order valence-electron chi connectivity index (χ0n) is 27.7. The normalized spacial score (nSPS) is 12.2. The predicted octanol–water partition coefficient (Wildman–Crippen LogP) is 4.13. The topological polar surface area (TPSA) is 173 Å². The van der Waals surface area contributed by atoms with Crippen molar-refractivity contribution in [3.05, 3.63) is 108 Å². The Morgan fingerprint density at radius 1 is 0.765 bits per heavy atom. The maximum Gasteiger partial charge on any atom is 1.00 e. The molecular weight excluding hydrogens is 770 g/mol. The molecule has 1 aliphatic heterocycles. The first kappa shape index (κ1) is 46.4. The third-order valence-electron chi connectivity index (χ3n) is 5.86. The summed E-state index contributed by atoms with van der Waals surface area (Å²) in [6, 6.07) is 19.4. The van der Waals surface area contributed by atoms with Crippen LogP contribution in [-0.2, 0) is 23.8 Å². The molecule has 0 atom stereocenters. The second kappa shape index (κ2) is 21.8. The molecule has 1 saturated heterocycles. The molecule has 12 nitrogen and oxygen atoms in total. The first-order chi connectivity index (χ1) is 23.1. The first-order valence-corrected chi connectivity index (χ1v) is 19.1. The van der Waals surface area contributed by atoms with Crippen molar-refractivity contribution in [2.24, 2.45) is 0 Å². The van der Waals surface area contributed by atoms with Crippen LogP contribution in [0.4, 0.5) is 0 Å². The van der Waals surface area contributed by atoms with Gasteiger partial charge in [0.1, 0.15) is 28.6 Å². The molecule has 0 amide bonds. The number of aromatic amines is 1. The molecule has 1 aliphatic rings. The van der Waals surface area contributed by atoms with Gasteiger partial charge >= 0.3 is 29.6 Å². The van der Waals surface area contributed by atoms with Crippen LogP contribution in [0.25, 0.3) is 22.1 Å². The van der Waals surface area contributed by atoms with E-state index in [0.29, 0.717) is 10.5 Å². The van der Waals surface area contributed by atoms with Gasteiger partial charge in [-0.15, -0.1) is 5.60 Å². The SMILES string of the molecule is C.C1CCOC1.CC(C)(C)[O-].Clc1ncnc2[nH]ccc12.O=S(=O)(Cl)c1ccccc1.O=S(=O)(c1ccccc1)n1ccc2c(Cl)ncnc21.[Na+]. The number of nitrogens with zero attached hydrogens (tertiary/aromatic N) is 5. The monoisotopic (exact) mass is 806 g/mol. The van der Waals surface area contributed by atoms with Crippen LogP contribution in [0.5, 0.6) is 0 Å². The van der Waals surface area contributed by atoms with Crippen LogP contribution in [0.2, 0.25) is 10.3 Å². The van der Waals surface area contributed by atoms with Gasteiger partial charge in [0.05, 0.1) is 20.6 Å². The molecule has 0 bridgehead atoms. The Morgan fingerprint density at radius 3 is 1.71 bits per heavy atom. The van der Waals surface area contributed by atoms with Crippen LogP contribution in [0, 0.1) is 0 Å². The fourth-order valence-electron chi connectivity index (χ4n) is 3.73. The van der Waals surface area contributed by atoms with Gasteiger partial charge in [-0.05, 0) is 49.2 Å². The Bertz CT molecular complexity index is 2120. The summed E-state index contributed by atoms with van der Waals surface area (Å²) >= 11 is 11.6. The van der Waals surface area contributed by atoms with E-state index in [1.165, 1.54) is 56.0 Å². The summed E-state index contributed by atoms with van der Waals surface area (Å²) in [5, 5.41) is 12.2. The minimum Gasteiger partial charge on any atom is -0.850 e. The third-order valence-corrected chi connectivity index (χ3v) is 9.51. The van der Waals surface area contributed by atoms with E-state index in [1.807, 2.05) is 6.07 Å². The molecule has 0 radical (unpaired) electrons. The minimum absolute atomic E-state index is 0. The number of nitrogens with one attached hydrogen (secondary N) is 1. The molecule has 0 aliphatic carbocycles. The zero-order valence-corrected chi connectivity index (χ0v) is 33.6. The number of H-pyrrole nitrogens is 1. The number of hydrogen-bond acceptors (Lipinski definition) is 10. The van der Waals surface area contributed by atoms with Crippen molar-refractivity contribution in [3.8, 4) is 0 Å². The summed E-state index contributed by atoms with van der Waals surface area (Å²) in [5.74, 6) is 0. The van der Waals surface area contributed by atoms with Gasteiger partial charge in [0.25, 0.3) is 19.1 Å². The van der Waals surface area contributed by atoms with E-state index in [1.54, 1.807) is 69.4 Å². The van der Waals surface area contributed by atoms with Crippen LogP contribution in [0.15, 0.2) is 108 Å². The fourth-order valence-corrected chi connectivity index (χ4v) is 6.23. The van der Waals surface area contributed by atoms with Crippen molar-refractivity contribution in [3.63, 3.8) is 0 Å². The number of rotatable bonds is 3. The number of benzene rings is 2. The van der Waals surface area contributed by atoms with E-state index < -0.39 is 24.7 Å². The Balaban J connectivity index is 0.000000348. The molecule has 0 spiro atoms. The minimum atomic E-state index is -3.67. The number of aromatic nitrogens is 6. The van der Waals surface area contributed by atoms with Crippen molar-refractivity contribution >= 4 is 75.0 Å². The molecule has 5 heterocycles. The van der Waals surface area contributed by atoms with Crippen molar-refractivity contribution in [2.45, 2.75) is 56.4 Å². The maximum absolute atomic E-state index is 12.5. The second-order valence-corrected chi connectivity index (χ2v) is 16.0. The molecule has 0 saturated carbocycles. The largest absolute Gasteiger partial charge is 1.00 e. The van der Waals surface area contributed by atoms with E-state index >= 15 is 0 Å². The maximum atomic E-state index is 12.5. The number of halogens is 3. The van der Waals surface area contributed by atoms with Gasteiger partial charge in [0, 0.05) is 36.3 Å². The summed E-state index contributed by atoms with van der Waals surface area (Å²) in [4.78, 5) is 18.8. The van der Waals surface area contributed by atoms with Crippen molar-refractivity contribution < 1.29 is 56.2 Å². The third kappa shape index (κ3) is 15.5. The summed E-state index contributed by atoms with van der Waals surface area (Å²) in [5.41, 5.74) is 0.295. The standard InChI is InChI=1S/C12H8ClN3O2S.C6H4ClN3.C6H5ClO2S.C4H8O.C4H9O.CH4.Na/c13-11-10-6-7-16(12(10)15-8-14-11)19(17,18)9-4-2-1-3-5-9;7-5-4-1-2-8-6(4)10-3-9-5;7-10(8,9)6-4-2-1-3-5-6;1-2-4-5-3-1;1-4(2,3)5;;/h1-8H;1-3H,(H,8,9,10);1-5H;1-4H2;1-3H3;1H4;/q;;;;-1;;+1. The zero-order chi connectivity index (χ0) is 36.1. The average molecular weight is 808 g/mol. The van der Waals surface area contributed by atoms with Crippen LogP contribution < -0.4 is 34.7 Å². The quantitative estimate of drug-likeness (QED) is 0.156. The molecular formula is C33H38Cl3N6NaO6S2. The van der Waals surface area contributed by atoms with Crippen LogP contribution in [-0.4, -0.2) is 64.5 Å². The van der Waals surface area contributed by atoms with Gasteiger partial charge in [0.15, 0.2) is 5.65 Å². The second-order valence-electron chi connectivity index (χ2n) is 10.9. The van der Waals surface area contributed by atoms with Crippen LogP contribution >= 0.6 is 33.9 Å². The molecule has 18 heteroatoms. The van der Waals surface area contributed by atoms with Crippen LogP contribution in [0.3, 0.4) is 0 Å². The van der Waals surface area contributed by atoms with Gasteiger partial charge in [-0.25, -0.2) is 40.7 Å². The number of ether oxygens (including phenoxy) is 1. The molecule has 7 rings (SSSR count). The van der Waals surface area contributed by atoms with E-state index in [0.717, 1.165) is 28.2 Å². The van der Waals surface area contributed by atoms with Crippen molar-refractivity contribution in [1.82, 2.24) is 28.9 Å². The summed E-state index contributed by atoms with van der Waals surface area (Å²) in [6.45, 7) is 6.90. The Labute approximate surface area is 335 Å². The van der Waals surface area contributed by atoms with Crippen molar-refractivity contribution in [2.75, 3.05) is 13.2 Å².